The molecular weight excluding hydrogens is 350 g/mol. The lowest BCUT2D eigenvalue weighted by Gasteiger charge is -2.34. The first-order valence-electron chi connectivity index (χ1n) is 8.74. The number of aromatic hydroxyl groups is 1. The van der Waals surface area contributed by atoms with Gasteiger partial charge in [0.05, 0.1) is 0 Å². The molecule has 2 aliphatic heterocycles. The minimum Gasteiger partial charge on any atom is -0.508 e. The van der Waals surface area contributed by atoms with E-state index in [-0.39, 0.29) is 29.6 Å². The Morgan fingerprint density at radius 3 is 2.77 bits per heavy atom. The number of thiophene rings is 1. The van der Waals surface area contributed by atoms with Crippen molar-refractivity contribution in [3.63, 3.8) is 0 Å². The van der Waals surface area contributed by atoms with Gasteiger partial charge in [0.15, 0.2) is 0 Å². The second-order valence-corrected chi connectivity index (χ2v) is 7.86. The maximum Gasteiger partial charge on any atom is 0.246 e. The summed E-state index contributed by atoms with van der Waals surface area (Å²) in [6.07, 6.45) is 1.08. The lowest BCUT2D eigenvalue weighted by molar-refractivity contribution is -0.147. The van der Waals surface area contributed by atoms with E-state index in [1.54, 1.807) is 40.5 Å². The molecule has 0 spiro atoms. The van der Waals surface area contributed by atoms with Gasteiger partial charge in [0.25, 0.3) is 0 Å². The van der Waals surface area contributed by atoms with Gasteiger partial charge in [-0.25, -0.2) is 0 Å². The summed E-state index contributed by atoms with van der Waals surface area (Å²) in [6, 6.07) is 10.0. The molecule has 2 aromatic rings. The van der Waals surface area contributed by atoms with Crippen molar-refractivity contribution in [1.29, 1.82) is 0 Å². The van der Waals surface area contributed by atoms with Crippen molar-refractivity contribution in [2.24, 2.45) is 0 Å². The number of fused-ring (bicyclic) bond motifs is 1. The zero-order valence-electron chi connectivity index (χ0n) is 14.2. The van der Waals surface area contributed by atoms with Gasteiger partial charge < -0.3 is 20.6 Å². The molecule has 26 heavy (non-hydrogen) atoms. The molecule has 0 unspecified atom stereocenters. The van der Waals surface area contributed by atoms with Crippen molar-refractivity contribution in [2.45, 2.75) is 37.5 Å². The van der Waals surface area contributed by atoms with Crippen LogP contribution in [0.1, 0.15) is 16.9 Å². The van der Waals surface area contributed by atoms with E-state index in [1.165, 1.54) is 4.88 Å². The first-order chi connectivity index (χ1) is 12.6. The van der Waals surface area contributed by atoms with Crippen molar-refractivity contribution < 1.29 is 14.7 Å². The van der Waals surface area contributed by atoms with Crippen LogP contribution in [0.15, 0.2) is 41.8 Å². The summed E-state index contributed by atoms with van der Waals surface area (Å²) in [5.74, 6) is 0.0870. The third kappa shape index (κ3) is 3.45. The van der Waals surface area contributed by atoms with Crippen LogP contribution in [-0.2, 0) is 22.6 Å². The first-order valence-corrected chi connectivity index (χ1v) is 9.62. The Morgan fingerprint density at radius 1 is 1.23 bits per heavy atom. The fraction of sp³-hybridized carbons (Fsp3) is 0.368. The van der Waals surface area contributed by atoms with E-state index >= 15 is 0 Å². The molecule has 4 rings (SSSR count). The van der Waals surface area contributed by atoms with Crippen LogP contribution in [0.5, 0.6) is 5.75 Å². The van der Waals surface area contributed by atoms with Crippen LogP contribution in [-0.4, -0.2) is 46.5 Å². The Balaban J connectivity index is 1.40. The number of nitrogens with one attached hydrogen (secondary N) is 2. The Bertz CT molecular complexity index is 791. The molecule has 1 aromatic carbocycles. The zero-order valence-corrected chi connectivity index (χ0v) is 15.0. The molecule has 2 amide bonds. The average Bonchev–Trinajstić information content (AvgIpc) is 3.29. The highest BCUT2D eigenvalue weighted by Crippen LogP contribution is 2.24. The van der Waals surface area contributed by atoms with Crippen LogP contribution in [0.2, 0.25) is 0 Å². The molecule has 2 saturated heterocycles. The van der Waals surface area contributed by atoms with Gasteiger partial charge in [-0.3, -0.25) is 9.59 Å². The highest BCUT2D eigenvalue weighted by Gasteiger charge is 2.46. The number of carbonyl (C=O) groups is 2. The molecule has 136 valence electrons. The number of hydrogen-bond acceptors (Lipinski definition) is 5. The lowest BCUT2D eigenvalue weighted by atomic mass is 10.0. The maximum absolute atomic E-state index is 12.8. The van der Waals surface area contributed by atoms with Gasteiger partial charge in [-0.1, -0.05) is 18.2 Å². The summed E-state index contributed by atoms with van der Waals surface area (Å²) in [7, 11) is 0. The fourth-order valence-electron chi connectivity index (χ4n) is 3.67. The normalized spacial score (nSPS) is 25.2. The smallest absolute Gasteiger partial charge is 0.246 e. The highest BCUT2D eigenvalue weighted by molar-refractivity contribution is 7.09. The molecule has 2 fully saturated rings. The minimum absolute atomic E-state index is 0.0249. The van der Waals surface area contributed by atoms with Crippen molar-refractivity contribution in [3.8, 4) is 5.75 Å². The number of rotatable bonds is 5. The summed E-state index contributed by atoms with van der Waals surface area (Å²) in [4.78, 5) is 28.3. The monoisotopic (exact) mass is 371 g/mol. The van der Waals surface area contributed by atoms with Gasteiger partial charge in [-0.2, -0.15) is 0 Å². The van der Waals surface area contributed by atoms with Gasteiger partial charge in [-0.15, -0.1) is 11.3 Å². The van der Waals surface area contributed by atoms with Crippen LogP contribution in [0.25, 0.3) is 0 Å². The van der Waals surface area contributed by atoms with Crippen molar-refractivity contribution in [1.82, 2.24) is 15.5 Å². The van der Waals surface area contributed by atoms with Gasteiger partial charge in [-0.05, 0) is 35.6 Å². The van der Waals surface area contributed by atoms with Crippen molar-refractivity contribution >= 4 is 23.2 Å². The van der Waals surface area contributed by atoms with Gasteiger partial charge in [0.2, 0.25) is 11.8 Å². The maximum atomic E-state index is 12.8. The summed E-state index contributed by atoms with van der Waals surface area (Å²) in [5.41, 5.74) is 0.909. The van der Waals surface area contributed by atoms with Crippen LogP contribution in [0.3, 0.4) is 0 Å². The van der Waals surface area contributed by atoms with E-state index < -0.39 is 6.04 Å². The second-order valence-electron chi connectivity index (χ2n) is 6.83. The highest BCUT2D eigenvalue weighted by atomic mass is 32.1. The summed E-state index contributed by atoms with van der Waals surface area (Å²) < 4.78 is 0. The van der Waals surface area contributed by atoms with E-state index in [4.69, 9.17) is 0 Å². The molecule has 2 aliphatic rings. The molecule has 7 heteroatoms. The summed E-state index contributed by atoms with van der Waals surface area (Å²) in [6.45, 7) is 1.32. The van der Waals surface area contributed by atoms with Crippen LogP contribution < -0.4 is 10.6 Å². The molecule has 3 atom stereocenters. The molecule has 0 radical (unpaired) electrons. The summed E-state index contributed by atoms with van der Waals surface area (Å²) in [5, 5.41) is 17.8. The second kappa shape index (κ2) is 7.09. The Kier molecular flexibility index (Phi) is 4.65. The van der Waals surface area contributed by atoms with Gasteiger partial charge in [0, 0.05) is 30.4 Å². The van der Waals surface area contributed by atoms with E-state index in [0.717, 1.165) is 12.1 Å². The number of phenols is 1. The third-order valence-electron chi connectivity index (χ3n) is 5.02. The van der Waals surface area contributed by atoms with Crippen LogP contribution in [0, 0.1) is 0 Å². The van der Waals surface area contributed by atoms with Gasteiger partial charge in [0.1, 0.15) is 17.8 Å². The molecule has 1 aromatic heterocycles. The lowest BCUT2D eigenvalue weighted by Crippen LogP contribution is -2.61. The van der Waals surface area contributed by atoms with Gasteiger partial charge >= 0.3 is 0 Å². The van der Waals surface area contributed by atoms with Crippen molar-refractivity contribution in [3.05, 3.63) is 52.2 Å². The first kappa shape index (κ1) is 17.1. The largest absolute Gasteiger partial charge is 0.508 e. The van der Waals surface area contributed by atoms with E-state index in [9.17, 15) is 14.7 Å². The molecule has 6 nitrogen and oxygen atoms in total. The molecule has 3 N–H and O–H groups in total. The Morgan fingerprint density at radius 2 is 2.04 bits per heavy atom. The third-order valence-corrected chi connectivity index (χ3v) is 5.90. The quantitative estimate of drug-likeness (QED) is 0.739. The Labute approximate surface area is 155 Å². The van der Waals surface area contributed by atoms with Crippen LogP contribution in [0.4, 0.5) is 0 Å². The van der Waals surface area contributed by atoms with E-state index in [0.29, 0.717) is 19.4 Å². The fourth-order valence-corrected chi connectivity index (χ4v) is 4.33. The van der Waals surface area contributed by atoms with Crippen molar-refractivity contribution in [2.75, 3.05) is 6.54 Å². The predicted octanol–water partition coefficient (Wildman–Crippen LogP) is 1.25. The van der Waals surface area contributed by atoms with E-state index in [1.807, 2.05) is 11.4 Å². The molecule has 0 aliphatic carbocycles. The zero-order chi connectivity index (χ0) is 18.1. The number of phenolic OH excluding ortho intramolecular Hbond substituents is 1. The molecule has 0 saturated carbocycles. The number of piperazine rings is 1. The molecular formula is C19H21N3O3S. The SMILES string of the molecule is O=C1N[C@@H](Cc2ccc(O)cc2)C(=O)N2C[C@@H](NCc3cccs3)C[C@@H]12. The average molecular weight is 371 g/mol. The number of amides is 2. The molecule has 3 heterocycles. The Hall–Kier alpha value is -2.38. The minimum atomic E-state index is -0.542. The summed E-state index contributed by atoms with van der Waals surface area (Å²) >= 11 is 1.70. The number of benzene rings is 1. The number of carbonyl (C=O) groups excluding carboxylic acids is 2. The topological polar surface area (TPSA) is 81.7 Å². The van der Waals surface area contributed by atoms with E-state index in [2.05, 4.69) is 16.7 Å². The molecule has 0 bridgehead atoms. The van der Waals surface area contributed by atoms with Crippen LogP contribution >= 0.6 is 11.3 Å². The standard InChI is InChI=1S/C19H21N3O3S/c23-14-5-3-12(4-6-14)8-16-19(25)22-11-13(9-17(22)18(24)21-16)20-10-15-2-1-7-26-15/h1-7,13,16-17,20,23H,8-11H2,(H,21,24)/t13-,16-,17-/m0/s1. The number of nitrogens with zero attached hydrogens (tertiary/aromatic N) is 1. The number of hydrogen-bond donors (Lipinski definition) is 3. The predicted molar refractivity (Wildman–Crippen MR) is 98.8 cm³/mol.